The van der Waals surface area contributed by atoms with Crippen molar-refractivity contribution in [1.29, 1.82) is 0 Å². The van der Waals surface area contributed by atoms with E-state index in [0.717, 1.165) is 13.0 Å². The van der Waals surface area contributed by atoms with E-state index in [4.69, 9.17) is 0 Å². The highest BCUT2D eigenvalue weighted by Crippen LogP contribution is 2.20. The number of unbranched alkanes of at least 4 members (excludes halogenated alkanes) is 1. The zero-order valence-electron chi connectivity index (χ0n) is 11.5. The van der Waals surface area contributed by atoms with Crippen LogP contribution in [0, 0.1) is 0 Å². The molecule has 1 unspecified atom stereocenters. The molecule has 0 N–H and O–H groups in total. The van der Waals surface area contributed by atoms with E-state index >= 15 is 0 Å². The van der Waals surface area contributed by atoms with Gasteiger partial charge < -0.3 is 9.80 Å². The lowest BCUT2D eigenvalue weighted by Crippen LogP contribution is -2.40. The molecule has 1 aromatic carbocycles. The number of nitrogens with zero attached hydrogens (tertiary/aromatic N) is 2. The summed E-state index contributed by atoms with van der Waals surface area (Å²) < 4.78 is 0. The van der Waals surface area contributed by atoms with Crippen molar-refractivity contribution >= 4 is 0 Å². The van der Waals surface area contributed by atoms with Crippen molar-refractivity contribution in [2.24, 2.45) is 0 Å². The second-order valence-corrected chi connectivity index (χ2v) is 4.89. The van der Waals surface area contributed by atoms with Gasteiger partial charge in [-0.1, -0.05) is 43.7 Å². The molecule has 2 heteroatoms. The highest BCUT2D eigenvalue weighted by Gasteiger charge is 2.24. The van der Waals surface area contributed by atoms with Crippen LogP contribution in [0.15, 0.2) is 42.7 Å². The first-order valence-corrected chi connectivity index (χ1v) is 7.09. The van der Waals surface area contributed by atoms with E-state index in [1.807, 2.05) is 0 Å². The Kier molecular flexibility index (Phi) is 4.68. The second-order valence-electron chi connectivity index (χ2n) is 4.89. The van der Waals surface area contributed by atoms with Crippen LogP contribution in [0.1, 0.15) is 32.3 Å². The predicted molar refractivity (Wildman–Crippen MR) is 77.1 cm³/mol. The molecule has 0 aliphatic carbocycles. The van der Waals surface area contributed by atoms with Gasteiger partial charge in [0.2, 0.25) is 0 Å². The zero-order valence-corrected chi connectivity index (χ0v) is 11.5. The molecule has 98 valence electrons. The average molecular weight is 244 g/mol. The molecule has 1 aliphatic rings. The van der Waals surface area contributed by atoms with Crippen LogP contribution in [0.5, 0.6) is 0 Å². The lowest BCUT2D eigenvalue weighted by atomic mass is 10.1. The topological polar surface area (TPSA) is 6.48 Å². The molecule has 2 nitrogen and oxygen atoms in total. The molecule has 1 heterocycles. The van der Waals surface area contributed by atoms with Gasteiger partial charge in [-0.05, 0) is 18.9 Å². The Bertz CT molecular complexity index is 372. The summed E-state index contributed by atoms with van der Waals surface area (Å²) in [6.45, 7) is 6.73. The number of hydrogen-bond donors (Lipinski definition) is 0. The Balaban J connectivity index is 2.02. The largest absolute Gasteiger partial charge is 0.356 e. The molecule has 0 fully saturated rings. The minimum Gasteiger partial charge on any atom is -0.356 e. The molecule has 1 atom stereocenters. The van der Waals surface area contributed by atoms with Gasteiger partial charge in [0.25, 0.3) is 0 Å². The molecule has 0 saturated heterocycles. The van der Waals surface area contributed by atoms with Crippen molar-refractivity contribution in [2.45, 2.75) is 39.3 Å². The molecule has 1 aromatic rings. The quantitative estimate of drug-likeness (QED) is 0.756. The standard InChI is InChI=1S/C16H24N2/c1-3-5-11-18-13-12-17(4-2)16(18)14-15-9-7-6-8-10-15/h6-10,12-13,16H,3-5,11,14H2,1-2H3. The summed E-state index contributed by atoms with van der Waals surface area (Å²) in [7, 11) is 0. The van der Waals surface area contributed by atoms with Crippen molar-refractivity contribution in [2.75, 3.05) is 13.1 Å². The van der Waals surface area contributed by atoms with Gasteiger partial charge in [-0.2, -0.15) is 0 Å². The van der Waals surface area contributed by atoms with Crippen LogP contribution >= 0.6 is 0 Å². The van der Waals surface area contributed by atoms with Crippen molar-refractivity contribution in [3.8, 4) is 0 Å². The second kappa shape index (κ2) is 6.48. The minimum absolute atomic E-state index is 0.504. The van der Waals surface area contributed by atoms with E-state index in [9.17, 15) is 0 Å². The Morgan fingerprint density at radius 3 is 2.39 bits per heavy atom. The smallest absolute Gasteiger partial charge is 0.105 e. The van der Waals surface area contributed by atoms with E-state index in [2.05, 4.69) is 66.4 Å². The molecule has 18 heavy (non-hydrogen) atoms. The molecule has 0 amide bonds. The molecular weight excluding hydrogens is 220 g/mol. The van der Waals surface area contributed by atoms with Crippen molar-refractivity contribution in [3.05, 3.63) is 48.3 Å². The number of likely N-dealkylation sites (N-methyl/N-ethyl adjacent to an activating group) is 1. The van der Waals surface area contributed by atoms with E-state index < -0.39 is 0 Å². The summed E-state index contributed by atoms with van der Waals surface area (Å²) in [6, 6.07) is 10.8. The molecule has 1 aliphatic heterocycles. The third-order valence-corrected chi connectivity index (χ3v) is 3.61. The van der Waals surface area contributed by atoms with E-state index in [0.29, 0.717) is 6.17 Å². The molecule has 0 spiro atoms. The minimum atomic E-state index is 0.504. The van der Waals surface area contributed by atoms with Gasteiger partial charge >= 0.3 is 0 Å². The van der Waals surface area contributed by atoms with Gasteiger partial charge in [-0.3, -0.25) is 0 Å². The third kappa shape index (κ3) is 3.06. The van der Waals surface area contributed by atoms with Gasteiger partial charge in [0.1, 0.15) is 6.17 Å². The average Bonchev–Trinajstić information content (AvgIpc) is 2.80. The Hall–Kier alpha value is -1.44. The van der Waals surface area contributed by atoms with Crippen LogP contribution in [-0.2, 0) is 6.42 Å². The Morgan fingerprint density at radius 2 is 1.72 bits per heavy atom. The third-order valence-electron chi connectivity index (χ3n) is 3.61. The van der Waals surface area contributed by atoms with E-state index in [1.54, 1.807) is 0 Å². The van der Waals surface area contributed by atoms with Gasteiger partial charge in [-0.15, -0.1) is 0 Å². The number of benzene rings is 1. The summed E-state index contributed by atoms with van der Waals surface area (Å²) in [5.41, 5.74) is 1.42. The van der Waals surface area contributed by atoms with Crippen molar-refractivity contribution in [3.63, 3.8) is 0 Å². The SMILES string of the molecule is CCCCN1C=CN(CC)C1Cc1ccccc1. The summed E-state index contributed by atoms with van der Waals surface area (Å²) >= 11 is 0. The molecule has 0 saturated carbocycles. The van der Waals surface area contributed by atoms with Crippen LogP contribution in [0.3, 0.4) is 0 Å². The first kappa shape index (κ1) is 13.0. The monoisotopic (exact) mass is 244 g/mol. The molecule has 0 radical (unpaired) electrons. The van der Waals surface area contributed by atoms with Crippen LogP contribution in [0.4, 0.5) is 0 Å². The van der Waals surface area contributed by atoms with Crippen LogP contribution < -0.4 is 0 Å². The molecule has 2 rings (SSSR count). The number of hydrogen-bond acceptors (Lipinski definition) is 2. The maximum absolute atomic E-state index is 2.49. The number of rotatable bonds is 6. The highest BCUT2D eigenvalue weighted by molar-refractivity contribution is 5.17. The van der Waals surface area contributed by atoms with Crippen LogP contribution in [-0.4, -0.2) is 29.1 Å². The molecular formula is C16H24N2. The summed E-state index contributed by atoms with van der Waals surface area (Å²) in [5, 5.41) is 0. The first-order valence-electron chi connectivity index (χ1n) is 7.09. The van der Waals surface area contributed by atoms with Gasteiger partial charge in [0.15, 0.2) is 0 Å². The van der Waals surface area contributed by atoms with E-state index in [1.165, 1.54) is 24.9 Å². The maximum Gasteiger partial charge on any atom is 0.105 e. The fourth-order valence-corrected chi connectivity index (χ4v) is 2.50. The normalized spacial score (nSPS) is 18.7. The van der Waals surface area contributed by atoms with Crippen molar-refractivity contribution in [1.82, 2.24) is 9.80 Å². The lowest BCUT2D eigenvalue weighted by Gasteiger charge is -2.32. The molecule has 0 bridgehead atoms. The van der Waals surface area contributed by atoms with Gasteiger partial charge in [0, 0.05) is 31.9 Å². The summed E-state index contributed by atoms with van der Waals surface area (Å²) in [4.78, 5) is 4.92. The van der Waals surface area contributed by atoms with Crippen LogP contribution in [0.2, 0.25) is 0 Å². The predicted octanol–water partition coefficient (Wildman–Crippen LogP) is 3.46. The zero-order chi connectivity index (χ0) is 12.8. The van der Waals surface area contributed by atoms with Crippen LogP contribution in [0.25, 0.3) is 0 Å². The Labute approximate surface area is 111 Å². The van der Waals surface area contributed by atoms with Gasteiger partial charge in [0.05, 0.1) is 0 Å². The fourth-order valence-electron chi connectivity index (χ4n) is 2.50. The van der Waals surface area contributed by atoms with E-state index in [-0.39, 0.29) is 0 Å². The molecule has 0 aromatic heterocycles. The summed E-state index contributed by atoms with van der Waals surface area (Å²) in [5.74, 6) is 0. The highest BCUT2D eigenvalue weighted by atomic mass is 15.4. The first-order chi connectivity index (χ1) is 8.85. The Morgan fingerprint density at radius 1 is 1.00 bits per heavy atom. The van der Waals surface area contributed by atoms with Gasteiger partial charge in [-0.25, -0.2) is 0 Å². The maximum atomic E-state index is 2.49. The van der Waals surface area contributed by atoms with Crippen molar-refractivity contribution < 1.29 is 0 Å². The summed E-state index contributed by atoms with van der Waals surface area (Å²) in [6.07, 6.45) is 8.63. The lowest BCUT2D eigenvalue weighted by molar-refractivity contribution is 0.156. The fraction of sp³-hybridized carbons (Fsp3) is 0.500.